The molecule has 106 valence electrons. The van der Waals surface area contributed by atoms with Gasteiger partial charge in [-0.15, -0.1) is 5.10 Å². The molecule has 4 nitrogen and oxygen atoms in total. The number of nitrogens with zero attached hydrogens (tertiary/aromatic N) is 3. The van der Waals surface area contributed by atoms with Gasteiger partial charge < -0.3 is 5.32 Å². The Morgan fingerprint density at radius 3 is 2.71 bits per heavy atom. The van der Waals surface area contributed by atoms with Gasteiger partial charge in [0.05, 0.1) is 23.8 Å². The lowest BCUT2D eigenvalue weighted by atomic mass is 10.2. The number of aromatic nitrogens is 3. The molecule has 0 aliphatic heterocycles. The standard InChI is InChI=1S/C15H12F2N4/c16-12-5-3-4-11(15(12)17)10-18-13-6-1-2-7-14(13)21-9-8-19-20-21/h1-9,18H,10H2. The van der Waals surface area contributed by atoms with E-state index in [9.17, 15) is 8.78 Å². The molecule has 0 unspecified atom stereocenters. The lowest BCUT2D eigenvalue weighted by Crippen LogP contribution is -2.07. The van der Waals surface area contributed by atoms with Crippen LogP contribution in [0.3, 0.4) is 0 Å². The first-order valence-electron chi connectivity index (χ1n) is 6.38. The Bertz CT molecular complexity index is 741. The zero-order valence-electron chi connectivity index (χ0n) is 11.0. The minimum Gasteiger partial charge on any atom is -0.379 e. The van der Waals surface area contributed by atoms with Crippen LogP contribution in [-0.2, 0) is 6.54 Å². The van der Waals surface area contributed by atoms with Crippen LogP contribution in [0.2, 0.25) is 0 Å². The Balaban J connectivity index is 1.85. The van der Waals surface area contributed by atoms with Crippen LogP contribution in [0.25, 0.3) is 5.69 Å². The molecule has 0 aliphatic rings. The summed E-state index contributed by atoms with van der Waals surface area (Å²) in [7, 11) is 0. The molecule has 0 amide bonds. The second-order valence-electron chi connectivity index (χ2n) is 4.43. The van der Waals surface area contributed by atoms with E-state index < -0.39 is 11.6 Å². The van der Waals surface area contributed by atoms with E-state index in [4.69, 9.17) is 0 Å². The second kappa shape index (κ2) is 5.70. The Kier molecular flexibility index (Phi) is 3.59. The monoisotopic (exact) mass is 286 g/mol. The van der Waals surface area contributed by atoms with Crippen LogP contribution in [0.15, 0.2) is 54.9 Å². The van der Waals surface area contributed by atoms with E-state index in [-0.39, 0.29) is 12.1 Å². The van der Waals surface area contributed by atoms with Crippen molar-refractivity contribution in [3.8, 4) is 5.69 Å². The molecule has 0 saturated carbocycles. The fourth-order valence-electron chi connectivity index (χ4n) is 2.04. The van der Waals surface area contributed by atoms with E-state index in [0.717, 1.165) is 17.4 Å². The molecule has 0 spiro atoms. The highest BCUT2D eigenvalue weighted by Gasteiger charge is 2.09. The van der Waals surface area contributed by atoms with Gasteiger partial charge in [0, 0.05) is 12.1 Å². The van der Waals surface area contributed by atoms with Gasteiger partial charge >= 0.3 is 0 Å². The first-order valence-corrected chi connectivity index (χ1v) is 6.38. The van der Waals surface area contributed by atoms with Crippen molar-refractivity contribution in [1.29, 1.82) is 0 Å². The minimum absolute atomic E-state index is 0.176. The third-order valence-electron chi connectivity index (χ3n) is 3.07. The van der Waals surface area contributed by atoms with Crippen molar-refractivity contribution in [2.24, 2.45) is 0 Å². The van der Waals surface area contributed by atoms with E-state index in [0.29, 0.717) is 0 Å². The van der Waals surface area contributed by atoms with Crippen LogP contribution in [0.4, 0.5) is 14.5 Å². The molecule has 0 atom stereocenters. The van der Waals surface area contributed by atoms with Crippen LogP contribution in [0.1, 0.15) is 5.56 Å². The summed E-state index contributed by atoms with van der Waals surface area (Å²) < 4.78 is 28.4. The van der Waals surface area contributed by atoms with Gasteiger partial charge in [0.15, 0.2) is 11.6 Å². The number of rotatable bonds is 4. The normalized spacial score (nSPS) is 10.6. The SMILES string of the molecule is Fc1cccc(CNc2ccccc2-n2ccnn2)c1F. The zero-order valence-corrected chi connectivity index (χ0v) is 11.0. The quantitative estimate of drug-likeness (QED) is 0.801. The molecule has 1 N–H and O–H groups in total. The molecule has 3 rings (SSSR count). The van der Waals surface area contributed by atoms with Crippen LogP contribution in [-0.4, -0.2) is 15.0 Å². The molecule has 0 bridgehead atoms. The predicted molar refractivity (Wildman–Crippen MR) is 75.0 cm³/mol. The molecule has 1 heterocycles. The maximum Gasteiger partial charge on any atom is 0.163 e. The number of nitrogens with one attached hydrogen (secondary N) is 1. The molecule has 0 radical (unpaired) electrons. The van der Waals surface area contributed by atoms with Crippen molar-refractivity contribution in [3.63, 3.8) is 0 Å². The lowest BCUT2D eigenvalue weighted by molar-refractivity contribution is 0.500. The minimum atomic E-state index is -0.848. The molecule has 0 aliphatic carbocycles. The Hall–Kier alpha value is -2.76. The van der Waals surface area contributed by atoms with Gasteiger partial charge in [0.2, 0.25) is 0 Å². The van der Waals surface area contributed by atoms with E-state index in [1.807, 2.05) is 24.3 Å². The molecule has 3 aromatic rings. The van der Waals surface area contributed by atoms with Gasteiger partial charge in [-0.25, -0.2) is 13.5 Å². The molecular formula is C15H12F2N4. The third kappa shape index (κ3) is 2.74. The topological polar surface area (TPSA) is 42.7 Å². The maximum absolute atomic E-state index is 13.6. The second-order valence-corrected chi connectivity index (χ2v) is 4.43. The van der Waals surface area contributed by atoms with Crippen LogP contribution in [0.5, 0.6) is 0 Å². The molecule has 1 aromatic heterocycles. The van der Waals surface area contributed by atoms with E-state index in [2.05, 4.69) is 15.6 Å². The van der Waals surface area contributed by atoms with E-state index in [1.165, 1.54) is 6.07 Å². The van der Waals surface area contributed by atoms with Gasteiger partial charge in [-0.3, -0.25) is 0 Å². The predicted octanol–water partition coefficient (Wildman–Crippen LogP) is 3.16. The van der Waals surface area contributed by atoms with Crippen molar-refractivity contribution >= 4 is 5.69 Å². The fourth-order valence-corrected chi connectivity index (χ4v) is 2.04. The third-order valence-corrected chi connectivity index (χ3v) is 3.07. The first kappa shape index (κ1) is 13.2. The average molecular weight is 286 g/mol. The molecular weight excluding hydrogens is 274 g/mol. The summed E-state index contributed by atoms with van der Waals surface area (Å²) in [6, 6.07) is 11.5. The zero-order chi connectivity index (χ0) is 14.7. The average Bonchev–Trinajstić information content (AvgIpc) is 3.03. The Morgan fingerprint density at radius 2 is 1.90 bits per heavy atom. The maximum atomic E-state index is 13.6. The van der Waals surface area contributed by atoms with Crippen molar-refractivity contribution in [3.05, 3.63) is 72.1 Å². The van der Waals surface area contributed by atoms with Gasteiger partial charge in [-0.05, 0) is 18.2 Å². The molecule has 21 heavy (non-hydrogen) atoms. The number of anilines is 1. The summed E-state index contributed by atoms with van der Waals surface area (Å²) in [5.41, 5.74) is 1.81. The largest absolute Gasteiger partial charge is 0.379 e. The van der Waals surface area contributed by atoms with Crippen molar-refractivity contribution in [2.75, 3.05) is 5.32 Å². The van der Waals surface area contributed by atoms with Crippen molar-refractivity contribution in [2.45, 2.75) is 6.54 Å². The van der Waals surface area contributed by atoms with Gasteiger partial charge in [-0.2, -0.15) is 0 Å². The highest BCUT2D eigenvalue weighted by Crippen LogP contribution is 2.20. The summed E-state index contributed by atoms with van der Waals surface area (Å²) in [4.78, 5) is 0. The molecule has 6 heteroatoms. The Morgan fingerprint density at radius 1 is 1.05 bits per heavy atom. The highest BCUT2D eigenvalue weighted by atomic mass is 19.2. The summed E-state index contributed by atoms with van der Waals surface area (Å²) in [6.45, 7) is 0.176. The molecule has 0 saturated heterocycles. The number of benzene rings is 2. The fraction of sp³-hybridized carbons (Fsp3) is 0.0667. The van der Waals surface area contributed by atoms with Gasteiger partial charge in [0.1, 0.15) is 0 Å². The molecule has 0 fully saturated rings. The van der Waals surface area contributed by atoms with Crippen LogP contribution < -0.4 is 5.32 Å². The smallest absolute Gasteiger partial charge is 0.163 e. The highest BCUT2D eigenvalue weighted by molar-refractivity contribution is 5.60. The van der Waals surface area contributed by atoms with E-state index >= 15 is 0 Å². The van der Waals surface area contributed by atoms with Crippen molar-refractivity contribution in [1.82, 2.24) is 15.0 Å². The summed E-state index contributed by atoms with van der Waals surface area (Å²) in [5.74, 6) is -1.68. The van der Waals surface area contributed by atoms with Crippen molar-refractivity contribution < 1.29 is 8.78 Å². The van der Waals surface area contributed by atoms with Gasteiger partial charge in [0.25, 0.3) is 0 Å². The summed E-state index contributed by atoms with van der Waals surface area (Å²) in [6.07, 6.45) is 3.28. The molecule has 2 aromatic carbocycles. The number of hydrogen-bond acceptors (Lipinski definition) is 3. The van der Waals surface area contributed by atoms with E-state index in [1.54, 1.807) is 23.1 Å². The summed E-state index contributed by atoms with van der Waals surface area (Å²) >= 11 is 0. The number of para-hydroxylation sites is 2. The lowest BCUT2D eigenvalue weighted by Gasteiger charge is -2.12. The van der Waals surface area contributed by atoms with Gasteiger partial charge in [-0.1, -0.05) is 29.5 Å². The Labute approximate surface area is 120 Å². The number of hydrogen-bond donors (Lipinski definition) is 1. The van der Waals surface area contributed by atoms with Crippen LogP contribution in [0, 0.1) is 11.6 Å². The van der Waals surface area contributed by atoms with Crippen LogP contribution >= 0.6 is 0 Å². The number of halogens is 2. The summed E-state index contributed by atoms with van der Waals surface area (Å²) in [5, 5.41) is 10.8. The first-order chi connectivity index (χ1) is 10.3.